The third-order valence-electron chi connectivity index (χ3n) is 1.06. The molecule has 0 radical (unpaired) electrons. The first-order chi connectivity index (χ1) is 3.43. The maximum atomic E-state index is 3.62. The first kappa shape index (κ1) is 4.57. The van der Waals surface area contributed by atoms with Gasteiger partial charge in [-0.15, -0.1) is 6.58 Å². The molecule has 0 unspecified atom stereocenters. The smallest absolute Gasteiger partial charge is 0.218 e. The van der Waals surface area contributed by atoms with Crippen LogP contribution in [0.25, 0.3) is 0 Å². The van der Waals surface area contributed by atoms with Crippen molar-refractivity contribution < 1.29 is 4.58 Å². The average molecular weight is 96.2 g/mol. The SMILES string of the molecule is C=CCC[N+]1=CC1. The summed E-state index contributed by atoms with van der Waals surface area (Å²) < 4.78 is 2.27. The monoisotopic (exact) mass is 96.1 g/mol. The van der Waals surface area contributed by atoms with Gasteiger partial charge < -0.3 is 0 Å². The summed E-state index contributed by atoms with van der Waals surface area (Å²) in [5.74, 6) is 0. The van der Waals surface area contributed by atoms with Gasteiger partial charge >= 0.3 is 0 Å². The van der Waals surface area contributed by atoms with E-state index in [4.69, 9.17) is 0 Å². The molecule has 0 aromatic heterocycles. The van der Waals surface area contributed by atoms with E-state index >= 15 is 0 Å². The van der Waals surface area contributed by atoms with Crippen molar-refractivity contribution in [2.45, 2.75) is 6.42 Å². The molecule has 1 heterocycles. The lowest BCUT2D eigenvalue weighted by atomic mass is 10.4. The molecule has 0 spiro atoms. The minimum absolute atomic E-state index is 1.12. The lowest BCUT2D eigenvalue weighted by molar-refractivity contribution is -0.438. The van der Waals surface area contributed by atoms with Crippen LogP contribution in [0.4, 0.5) is 0 Å². The topological polar surface area (TPSA) is 3.01 Å². The van der Waals surface area contributed by atoms with Crippen molar-refractivity contribution in [3.8, 4) is 0 Å². The summed E-state index contributed by atoms with van der Waals surface area (Å²) in [5.41, 5.74) is 0. The van der Waals surface area contributed by atoms with Crippen LogP contribution in [-0.2, 0) is 0 Å². The Bertz CT molecular complexity index is 103. The maximum Gasteiger partial charge on any atom is 0.218 e. The molecule has 0 N–H and O–H groups in total. The second-order valence-corrected chi connectivity index (χ2v) is 1.75. The molecular weight excluding hydrogens is 86.1 g/mol. The zero-order chi connectivity index (χ0) is 5.11. The molecule has 0 atom stereocenters. The van der Waals surface area contributed by atoms with Crippen LogP contribution in [-0.4, -0.2) is 23.9 Å². The number of hydrogen-bond donors (Lipinski definition) is 0. The normalized spacial score (nSPS) is 15.7. The van der Waals surface area contributed by atoms with Gasteiger partial charge in [0.25, 0.3) is 0 Å². The van der Waals surface area contributed by atoms with Crippen molar-refractivity contribution in [2.24, 2.45) is 0 Å². The Kier molecular flexibility index (Phi) is 1.25. The van der Waals surface area contributed by atoms with Gasteiger partial charge in [0, 0.05) is 6.42 Å². The highest BCUT2D eigenvalue weighted by Crippen LogP contribution is 1.88. The summed E-state index contributed by atoms with van der Waals surface area (Å²) in [6.07, 6.45) is 5.26. The van der Waals surface area contributed by atoms with Crippen molar-refractivity contribution in [2.75, 3.05) is 13.1 Å². The zero-order valence-corrected chi connectivity index (χ0v) is 4.43. The second kappa shape index (κ2) is 1.92. The highest BCUT2D eigenvalue weighted by molar-refractivity contribution is 5.60. The van der Waals surface area contributed by atoms with E-state index in [1.807, 2.05) is 6.08 Å². The van der Waals surface area contributed by atoms with Crippen molar-refractivity contribution in [1.29, 1.82) is 0 Å². The van der Waals surface area contributed by atoms with E-state index in [9.17, 15) is 0 Å². The van der Waals surface area contributed by atoms with Crippen LogP contribution < -0.4 is 0 Å². The van der Waals surface area contributed by atoms with E-state index < -0.39 is 0 Å². The molecule has 1 heteroatoms. The molecule has 1 rings (SSSR count). The van der Waals surface area contributed by atoms with Gasteiger partial charge in [0.2, 0.25) is 12.8 Å². The van der Waals surface area contributed by atoms with Crippen molar-refractivity contribution in [3.63, 3.8) is 0 Å². The Morgan fingerprint density at radius 1 is 1.86 bits per heavy atom. The predicted molar refractivity (Wildman–Crippen MR) is 30.9 cm³/mol. The Morgan fingerprint density at radius 3 is 3.00 bits per heavy atom. The Morgan fingerprint density at radius 2 is 2.57 bits per heavy atom. The van der Waals surface area contributed by atoms with Gasteiger partial charge in [-0.25, -0.2) is 4.58 Å². The van der Waals surface area contributed by atoms with E-state index in [0.717, 1.165) is 6.42 Å². The van der Waals surface area contributed by atoms with Crippen LogP contribution in [0, 0.1) is 0 Å². The molecule has 0 aromatic rings. The van der Waals surface area contributed by atoms with E-state index in [2.05, 4.69) is 17.4 Å². The molecule has 0 saturated heterocycles. The fraction of sp³-hybridized carbons (Fsp3) is 0.500. The van der Waals surface area contributed by atoms with Gasteiger partial charge in [-0.2, -0.15) is 0 Å². The predicted octanol–water partition coefficient (Wildman–Crippen LogP) is 0.659. The van der Waals surface area contributed by atoms with Crippen LogP contribution in [0.2, 0.25) is 0 Å². The number of nitrogens with zero attached hydrogens (tertiary/aromatic N) is 1. The van der Waals surface area contributed by atoms with Gasteiger partial charge in [0.15, 0.2) is 0 Å². The molecule has 1 aliphatic heterocycles. The summed E-state index contributed by atoms with van der Waals surface area (Å²) in [7, 11) is 0. The highest BCUT2D eigenvalue weighted by atomic mass is 15.1. The maximum absolute atomic E-state index is 3.62. The van der Waals surface area contributed by atoms with Crippen molar-refractivity contribution in [1.82, 2.24) is 0 Å². The molecule has 0 fully saturated rings. The van der Waals surface area contributed by atoms with Crippen molar-refractivity contribution >= 4 is 6.21 Å². The van der Waals surface area contributed by atoms with Crippen molar-refractivity contribution in [3.05, 3.63) is 12.7 Å². The van der Waals surface area contributed by atoms with Crippen LogP contribution in [0.1, 0.15) is 6.42 Å². The Balaban J connectivity index is 1.99. The minimum atomic E-state index is 1.12. The van der Waals surface area contributed by atoms with Gasteiger partial charge in [-0.05, 0) is 0 Å². The standard InChI is InChI=1S/C6H10N/c1-2-3-4-7-5-6-7/h2,5H,1,3-4,6H2/q+1. The summed E-state index contributed by atoms with van der Waals surface area (Å²) in [5, 5.41) is 0. The largest absolute Gasteiger partial charge is 0.224 e. The van der Waals surface area contributed by atoms with E-state index in [0.29, 0.717) is 0 Å². The Hall–Kier alpha value is -0.590. The van der Waals surface area contributed by atoms with Gasteiger partial charge in [-0.3, -0.25) is 0 Å². The quantitative estimate of drug-likeness (QED) is 0.358. The third-order valence-corrected chi connectivity index (χ3v) is 1.06. The van der Waals surface area contributed by atoms with Crippen LogP contribution >= 0.6 is 0 Å². The van der Waals surface area contributed by atoms with Crippen LogP contribution in [0.15, 0.2) is 12.7 Å². The summed E-state index contributed by atoms with van der Waals surface area (Å²) in [6, 6.07) is 0. The molecule has 7 heavy (non-hydrogen) atoms. The van der Waals surface area contributed by atoms with Gasteiger partial charge in [0.1, 0.15) is 6.54 Å². The average Bonchev–Trinajstić information content (AvgIpc) is 2.42. The number of hydrogen-bond acceptors (Lipinski definition) is 0. The molecule has 38 valence electrons. The molecule has 0 bridgehead atoms. The highest BCUT2D eigenvalue weighted by Gasteiger charge is 2.13. The molecule has 0 amide bonds. The van der Waals surface area contributed by atoms with E-state index in [1.165, 1.54) is 13.1 Å². The zero-order valence-electron chi connectivity index (χ0n) is 4.43. The first-order valence-corrected chi connectivity index (χ1v) is 2.62. The first-order valence-electron chi connectivity index (χ1n) is 2.62. The fourth-order valence-electron chi connectivity index (χ4n) is 0.497. The molecule has 1 aliphatic rings. The minimum Gasteiger partial charge on any atom is -0.224 e. The lowest BCUT2D eigenvalue weighted by Crippen LogP contribution is -1.91. The summed E-state index contributed by atoms with van der Waals surface area (Å²) in [4.78, 5) is 0. The van der Waals surface area contributed by atoms with Gasteiger partial charge in [-0.1, -0.05) is 6.08 Å². The summed E-state index contributed by atoms with van der Waals surface area (Å²) in [6.45, 7) is 5.98. The molecular formula is C6H10N+. The molecule has 1 nitrogen and oxygen atoms in total. The molecule has 0 aromatic carbocycles. The van der Waals surface area contributed by atoms with Gasteiger partial charge in [0.05, 0.1) is 0 Å². The second-order valence-electron chi connectivity index (χ2n) is 1.75. The molecule has 0 aliphatic carbocycles. The summed E-state index contributed by atoms with van der Waals surface area (Å²) >= 11 is 0. The lowest BCUT2D eigenvalue weighted by Gasteiger charge is -1.77. The number of rotatable bonds is 3. The van der Waals surface area contributed by atoms with E-state index in [1.54, 1.807) is 0 Å². The fourth-order valence-corrected chi connectivity index (χ4v) is 0.497. The third kappa shape index (κ3) is 1.53. The van der Waals surface area contributed by atoms with E-state index in [-0.39, 0.29) is 0 Å². The molecule has 0 saturated carbocycles. The Labute approximate surface area is 44.0 Å². The van der Waals surface area contributed by atoms with Crippen LogP contribution in [0.3, 0.4) is 0 Å². The van der Waals surface area contributed by atoms with Crippen LogP contribution in [0.5, 0.6) is 0 Å².